The zero-order chi connectivity index (χ0) is 12.5. The molecule has 1 saturated heterocycles. The minimum atomic E-state index is -1.00. The fourth-order valence-electron chi connectivity index (χ4n) is 3.31. The molecule has 3 unspecified atom stereocenters. The normalized spacial score (nSPS) is 39.4. The summed E-state index contributed by atoms with van der Waals surface area (Å²) in [5.41, 5.74) is 4.92. The van der Waals surface area contributed by atoms with E-state index in [2.05, 4.69) is 11.8 Å². The second kappa shape index (κ2) is 4.94. The Labute approximate surface area is 103 Å². The number of hydrogen-bond acceptors (Lipinski definition) is 3. The van der Waals surface area contributed by atoms with Gasteiger partial charge in [-0.25, -0.2) is 0 Å². The average molecular weight is 240 g/mol. The molecule has 17 heavy (non-hydrogen) atoms. The Morgan fingerprint density at radius 3 is 2.88 bits per heavy atom. The van der Waals surface area contributed by atoms with Crippen molar-refractivity contribution in [1.29, 1.82) is 0 Å². The number of carbonyl (C=O) groups is 1. The number of carboxylic acids is 1. The van der Waals surface area contributed by atoms with E-state index in [1.165, 1.54) is 32.1 Å². The maximum absolute atomic E-state index is 11.1. The molecule has 0 aromatic heterocycles. The molecular weight excluding hydrogens is 216 g/mol. The van der Waals surface area contributed by atoms with Crippen LogP contribution in [0.5, 0.6) is 0 Å². The van der Waals surface area contributed by atoms with E-state index in [9.17, 15) is 4.79 Å². The summed E-state index contributed by atoms with van der Waals surface area (Å²) in [6, 6.07) is 0.568. The van der Waals surface area contributed by atoms with Crippen LogP contribution in [-0.4, -0.2) is 40.6 Å². The molecule has 1 aliphatic carbocycles. The number of nitrogens with zero attached hydrogens (tertiary/aromatic N) is 1. The molecule has 3 atom stereocenters. The second-order valence-electron chi connectivity index (χ2n) is 5.78. The van der Waals surface area contributed by atoms with Crippen molar-refractivity contribution < 1.29 is 9.90 Å². The fourth-order valence-corrected chi connectivity index (χ4v) is 3.31. The summed E-state index contributed by atoms with van der Waals surface area (Å²) in [7, 11) is 0. The molecule has 0 radical (unpaired) electrons. The van der Waals surface area contributed by atoms with Crippen LogP contribution >= 0.6 is 0 Å². The van der Waals surface area contributed by atoms with Crippen LogP contribution < -0.4 is 5.73 Å². The fraction of sp³-hybridized carbons (Fsp3) is 0.923. The number of nitrogens with two attached hydrogens (primary N) is 1. The van der Waals surface area contributed by atoms with Crippen LogP contribution in [0.25, 0.3) is 0 Å². The maximum Gasteiger partial charge on any atom is 0.325 e. The van der Waals surface area contributed by atoms with E-state index < -0.39 is 11.5 Å². The van der Waals surface area contributed by atoms with Crippen molar-refractivity contribution in [3.05, 3.63) is 0 Å². The highest BCUT2D eigenvalue weighted by atomic mass is 16.4. The van der Waals surface area contributed by atoms with Gasteiger partial charge in [-0.2, -0.15) is 0 Å². The SMILES string of the molecule is CCC1CCCC(N2CCC(N)(C(=O)O)C2)C1. The van der Waals surface area contributed by atoms with Crippen molar-refractivity contribution >= 4 is 5.97 Å². The van der Waals surface area contributed by atoms with Gasteiger partial charge in [0.05, 0.1) is 0 Å². The Morgan fingerprint density at radius 1 is 1.53 bits per heavy atom. The second-order valence-corrected chi connectivity index (χ2v) is 5.78. The lowest BCUT2D eigenvalue weighted by molar-refractivity contribution is -0.142. The van der Waals surface area contributed by atoms with Crippen molar-refractivity contribution in [3.63, 3.8) is 0 Å². The van der Waals surface area contributed by atoms with E-state index >= 15 is 0 Å². The Bertz CT molecular complexity index is 295. The number of carboxylic acid groups (broad SMARTS) is 1. The van der Waals surface area contributed by atoms with Gasteiger partial charge in [0.2, 0.25) is 0 Å². The molecule has 0 aromatic carbocycles. The quantitative estimate of drug-likeness (QED) is 0.783. The molecule has 1 heterocycles. The van der Waals surface area contributed by atoms with Crippen LogP contribution in [0.1, 0.15) is 45.4 Å². The first kappa shape index (κ1) is 12.8. The Kier molecular flexibility index (Phi) is 3.73. The highest BCUT2D eigenvalue weighted by Gasteiger charge is 2.43. The molecule has 0 spiro atoms. The summed E-state index contributed by atoms with van der Waals surface area (Å²) in [4.78, 5) is 13.4. The molecule has 0 bridgehead atoms. The van der Waals surface area contributed by atoms with Gasteiger partial charge in [0.1, 0.15) is 5.54 Å². The number of hydrogen-bond donors (Lipinski definition) is 2. The predicted molar refractivity (Wildman–Crippen MR) is 66.8 cm³/mol. The van der Waals surface area contributed by atoms with Crippen LogP contribution in [0, 0.1) is 5.92 Å². The van der Waals surface area contributed by atoms with E-state index in [-0.39, 0.29) is 0 Å². The monoisotopic (exact) mass is 240 g/mol. The number of aliphatic carboxylic acids is 1. The number of likely N-dealkylation sites (tertiary alicyclic amines) is 1. The molecule has 2 aliphatic rings. The average Bonchev–Trinajstić information content (AvgIpc) is 2.74. The van der Waals surface area contributed by atoms with Gasteiger partial charge < -0.3 is 10.8 Å². The molecule has 2 rings (SSSR count). The summed E-state index contributed by atoms with van der Waals surface area (Å²) in [5.74, 6) is -0.0193. The molecule has 0 amide bonds. The van der Waals surface area contributed by atoms with Crippen molar-refractivity contribution in [3.8, 4) is 0 Å². The van der Waals surface area contributed by atoms with Gasteiger partial charge in [0.25, 0.3) is 0 Å². The maximum atomic E-state index is 11.1. The van der Waals surface area contributed by atoms with Crippen LogP contribution in [0.4, 0.5) is 0 Å². The molecule has 4 nitrogen and oxygen atoms in total. The third kappa shape index (κ3) is 2.63. The zero-order valence-corrected chi connectivity index (χ0v) is 10.7. The molecule has 98 valence electrons. The van der Waals surface area contributed by atoms with Gasteiger partial charge in [-0.05, 0) is 25.2 Å². The van der Waals surface area contributed by atoms with Crippen molar-refractivity contribution in [1.82, 2.24) is 4.90 Å². The number of rotatable bonds is 3. The topological polar surface area (TPSA) is 66.6 Å². The first-order valence-electron chi connectivity index (χ1n) is 6.81. The first-order valence-corrected chi connectivity index (χ1v) is 6.81. The van der Waals surface area contributed by atoms with Gasteiger partial charge in [-0.15, -0.1) is 0 Å². The lowest BCUT2D eigenvalue weighted by Crippen LogP contribution is -2.51. The van der Waals surface area contributed by atoms with E-state index in [0.717, 1.165) is 12.5 Å². The van der Waals surface area contributed by atoms with Crippen LogP contribution in [0.2, 0.25) is 0 Å². The van der Waals surface area contributed by atoms with Gasteiger partial charge in [-0.3, -0.25) is 9.69 Å². The van der Waals surface area contributed by atoms with Gasteiger partial charge in [0.15, 0.2) is 0 Å². The van der Waals surface area contributed by atoms with Crippen molar-refractivity contribution in [2.45, 2.75) is 57.0 Å². The van der Waals surface area contributed by atoms with Gasteiger partial charge >= 0.3 is 5.97 Å². The highest BCUT2D eigenvalue weighted by Crippen LogP contribution is 2.32. The minimum Gasteiger partial charge on any atom is -0.480 e. The molecular formula is C13H24N2O2. The Balaban J connectivity index is 1.94. The lowest BCUT2D eigenvalue weighted by Gasteiger charge is -2.35. The summed E-state index contributed by atoms with van der Waals surface area (Å²) < 4.78 is 0. The largest absolute Gasteiger partial charge is 0.480 e. The van der Waals surface area contributed by atoms with Crippen molar-refractivity contribution in [2.24, 2.45) is 11.7 Å². The standard InChI is InChI=1S/C13H24N2O2/c1-2-10-4-3-5-11(8-10)15-7-6-13(14,9-15)12(16)17/h10-11H,2-9,14H2,1H3,(H,16,17). The van der Waals surface area contributed by atoms with E-state index in [1.807, 2.05) is 0 Å². The van der Waals surface area contributed by atoms with E-state index in [4.69, 9.17) is 10.8 Å². The van der Waals surface area contributed by atoms with Gasteiger partial charge in [0, 0.05) is 19.1 Å². The van der Waals surface area contributed by atoms with Gasteiger partial charge in [-0.1, -0.05) is 26.2 Å². The molecule has 0 aromatic rings. The minimum absolute atomic E-state index is 0.531. The lowest BCUT2D eigenvalue weighted by atomic mass is 9.83. The summed E-state index contributed by atoms with van der Waals surface area (Å²) in [6.45, 7) is 3.63. The third-order valence-electron chi connectivity index (χ3n) is 4.61. The summed E-state index contributed by atoms with van der Waals surface area (Å²) in [5, 5.41) is 9.14. The Morgan fingerprint density at radius 2 is 2.29 bits per heavy atom. The molecule has 4 heteroatoms. The predicted octanol–water partition coefficient (Wildman–Crippen LogP) is 1.44. The first-order chi connectivity index (χ1) is 8.05. The third-order valence-corrected chi connectivity index (χ3v) is 4.61. The molecule has 1 saturated carbocycles. The molecule has 1 aliphatic heterocycles. The van der Waals surface area contributed by atoms with Crippen LogP contribution in [0.3, 0.4) is 0 Å². The highest BCUT2D eigenvalue weighted by molar-refractivity contribution is 5.79. The molecule has 3 N–H and O–H groups in total. The van der Waals surface area contributed by atoms with Crippen LogP contribution in [0.15, 0.2) is 0 Å². The smallest absolute Gasteiger partial charge is 0.325 e. The Hall–Kier alpha value is -0.610. The zero-order valence-electron chi connectivity index (χ0n) is 10.7. The van der Waals surface area contributed by atoms with Crippen LogP contribution in [-0.2, 0) is 4.79 Å². The van der Waals surface area contributed by atoms with Crippen molar-refractivity contribution in [2.75, 3.05) is 13.1 Å². The summed E-state index contributed by atoms with van der Waals surface area (Å²) >= 11 is 0. The van der Waals surface area contributed by atoms with E-state index in [0.29, 0.717) is 19.0 Å². The van der Waals surface area contributed by atoms with E-state index in [1.54, 1.807) is 0 Å². The molecule has 2 fully saturated rings. The summed E-state index contributed by atoms with van der Waals surface area (Å²) in [6.07, 6.45) is 6.91.